The number of rotatable bonds is 6. The number of nitrogens with one attached hydrogen (secondary N) is 1. The molecule has 3 aliphatic rings. The van der Waals surface area contributed by atoms with Crippen molar-refractivity contribution in [2.24, 2.45) is 0 Å². The molecular formula is C31H36N6O3. The number of pyridine rings is 1. The van der Waals surface area contributed by atoms with Crippen LogP contribution in [0, 0.1) is 0 Å². The summed E-state index contributed by atoms with van der Waals surface area (Å²) in [5.74, 6) is 1.18. The van der Waals surface area contributed by atoms with Gasteiger partial charge in [-0.3, -0.25) is 14.5 Å². The van der Waals surface area contributed by atoms with Gasteiger partial charge in [0, 0.05) is 44.9 Å². The molecule has 3 aromatic rings. The van der Waals surface area contributed by atoms with E-state index in [1.165, 1.54) is 12.8 Å². The van der Waals surface area contributed by atoms with Crippen LogP contribution in [0.3, 0.4) is 0 Å². The summed E-state index contributed by atoms with van der Waals surface area (Å²) in [6, 6.07) is 15.6. The summed E-state index contributed by atoms with van der Waals surface area (Å²) in [5.41, 5.74) is 4.40. The van der Waals surface area contributed by atoms with Crippen LogP contribution in [-0.2, 0) is 0 Å². The number of aromatic nitrogens is 1. The van der Waals surface area contributed by atoms with E-state index in [9.17, 15) is 9.59 Å². The maximum Gasteiger partial charge on any atom is 0.260 e. The van der Waals surface area contributed by atoms with E-state index in [0.717, 1.165) is 55.3 Å². The second kappa shape index (κ2) is 10.8. The summed E-state index contributed by atoms with van der Waals surface area (Å²) in [6.45, 7) is 6.27. The zero-order valence-corrected chi connectivity index (χ0v) is 23.4. The fraction of sp³-hybridized carbons (Fsp3) is 0.387. The van der Waals surface area contributed by atoms with Gasteiger partial charge >= 0.3 is 0 Å². The van der Waals surface area contributed by atoms with E-state index >= 15 is 0 Å². The van der Waals surface area contributed by atoms with Gasteiger partial charge in [-0.1, -0.05) is 12.1 Å². The van der Waals surface area contributed by atoms with Crippen LogP contribution in [0.4, 0.5) is 28.6 Å². The monoisotopic (exact) mass is 540 g/mol. The van der Waals surface area contributed by atoms with E-state index in [-0.39, 0.29) is 11.8 Å². The van der Waals surface area contributed by atoms with Gasteiger partial charge in [-0.2, -0.15) is 0 Å². The lowest BCUT2D eigenvalue weighted by molar-refractivity contribution is 0.0779. The molecule has 9 heteroatoms. The first-order valence-electron chi connectivity index (χ1n) is 14.1. The number of likely N-dealkylation sites (tertiary alicyclic amines) is 2. The Morgan fingerprint density at radius 1 is 1.00 bits per heavy atom. The Hall–Kier alpha value is -4.11. The fourth-order valence-corrected chi connectivity index (χ4v) is 6.08. The summed E-state index contributed by atoms with van der Waals surface area (Å²) in [7, 11) is 3.72. The molecule has 40 heavy (non-hydrogen) atoms. The van der Waals surface area contributed by atoms with Gasteiger partial charge in [-0.05, 0) is 69.6 Å². The number of nitrogens with zero attached hydrogens (tertiary/aromatic N) is 5. The van der Waals surface area contributed by atoms with Crippen LogP contribution in [0.2, 0.25) is 0 Å². The maximum atomic E-state index is 13.4. The van der Waals surface area contributed by atoms with Crippen LogP contribution >= 0.6 is 0 Å². The molecule has 0 saturated carbocycles. The predicted octanol–water partition coefficient (Wildman–Crippen LogP) is 4.89. The summed E-state index contributed by atoms with van der Waals surface area (Å²) in [6.07, 6.45) is 5.26. The molecule has 0 aliphatic carbocycles. The Morgan fingerprint density at radius 2 is 1.80 bits per heavy atom. The quantitative estimate of drug-likeness (QED) is 0.477. The van der Waals surface area contributed by atoms with Crippen LogP contribution in [0.1, 0.15) is 46.9 Å². The average molecular weight is 541 g/mol. The normalized spacial score (nSPS) is 18.9. The van der Waals surface area contributed by atoms with E-state index in [4.69, 9.17) is 4.74 Å². The first kappa shape index (κ1) is 26.1. The van der Waals surface area contributed by atoms with Gasteiger partial charge in [0.15, 0.2) is 0 Å². The minimum absolute atomic E-state index is 0.0466. The molecule has 0 unspecified atom stereocenters. The third kappa shape index (κ3) is 4.75. The minimum Gasteiger partial charge on any atom is -0.492 e. The van der Waals surface area contributed by atoms with Gasteiger partial charge in [-0.25, -0.2) is 4.98 Å². The van der Waals surface area contributed by atoms with Gasteiger partial charge in [0.2, 0.25) is 0 Å². The average Bonchev–Trinajstić information content (AvgIpc) is 3.68. The maximum absolute atomic E-state index is 13.4. The highest BCUT2D eigenvalue weighted by Crippen LogP contribution is 2.40. The Bertz CT molecular complexity index is 1440. The Morgan fingerprint density at radius 3 is 2.60 bits per heavy atom. The predicted molar refractivity (Wildman–Crippen MR) is 157 cm³/mol. The molecule has 2 aromatic carbocycles. The third-order valence-corrected chi connectivity index (χ3v) is 8.28. The van der Waals surface area contributed by atoms with Crippen molar-refractivity contribution in [1.29, 1.82) is 0 Å². The number of amides is 2. The van der Waals surface area contributed by atoms with Crippen LogP contribution in [0.25, 0.3) is 0 Å². The number of carbonyl (C=O) groups is 2. The zero-order valence-electron chi connectivity index (χ0n) is 23.4. The molecular weight excluding hydrogens is 504 g/mol. The van der Waals surface area contributed by atoms with Crippen molar-refractivity contribution in [2.75, 3.05) is 62.0 Å². The van der Waals surface area contributed by atoms with Crippen molar-refractivity contribution in [3.8, 4) is 5.75 Å². The molecule has 2 saturated heterocycles. The largest absolute Gasteiger partial charge is 0.492 e. The van der Waals surface area contributed by atoms with E-state index in [1.54, 1.807) is 18.1 Å². The van der Waals surface area contributed by atoms with Crippen molar-refractivity contribution >= 4 is 40.4 Å². The van der Waals surface area contributed by atoms with Crippen LogP contribution < -0.4 is 19.9 Å². The zero-order chi connectivity index (χ0) is 27.8. The van der Waals surface area contributed by atoms with Crippen LogP contribution in [0.15, 0.2) is 54.7 Å². The first-order chi connectivity index (χ1) is 19.4. The molecule has 2 fully saturated rings. The molecule has 9 nitrogen and oxygen atoms in total. The van der Waals surface area contributed by atoms with E-state index in [1.807, 2.05) is 72.3 Å². The fourth-order valence-electron chi connectivity index (χ4n) is 6.08. The number of hydrogen-bond donors (Lipinski definition) is 1. The Balaban J connectivity index is 1.24. The number of benzene rings is 2. The van der Waals surface area contributed by atoms with Crippen molar-refractivity contribution in [3.05, 3.63) is 65.9 Å². The molecule has 3 aliphatic heterocycles. The number of hydrogen-bond acceptors (Lipinski definition) is 7. The summed E-state index contributed by atoms with van der Waals surface area (Å²) >= 11 is 0. The second-order valence-corrected chi connectivity index (χ2v) is 10.7. The highest BCUT2D eigenvalue weighted by atomic mass is 16.5. The molecule has 0 radical (unpaired) electrons. The van der Waals surface area contributed by atoms with Crippen molar-refractivity contribution in [2.45, 2.75) is 32.2 Å². The van der Waals surface area contributed by atoms with Crippen molar-refractivity contribution in [1.82, 2.24) is 14.8 Å². The summed E-state index contributed by atoms with van der Waals surface area (Å²) < 4.78 is 5.96. The number of fused-ring (bicyclic) bond motifs is 2. The molecule has 1 aromatic heterocycles. The van der Waals surface area contributed by atoms with E-state index < -0.39 is 0 Å². The summed E-state index contributed by atoms with van der Waals surface area (Å²) in [4.78, 5) is 39.3. The third-order valence-electron chi connectivity index (χ3n) is 8.28. The van der Waals surface area contributed by atoms with Crippen molar-refractivity contribution < 1.29 is 14.3 Å². The lowest BCUT2D eigenvalue weighted by Gasteiger charge is -2.24. The molecule has 1 N–H and O–H groups in total. The molecule has 2 amide bonds. The van der Waals surface area contributed by atoms with E-state index in [2.05, 4.69) is 15.2 Å². The van der Waals surface area contributed by atoms with E-state index in [0.29, 0.717) is 35.3 Å². The number of carbonyl (C=O) groups excluding carboxylic acids is 2. The lowest BCUT2D eigenvalue weighted by Crippen LogP contribution is -2.37. The topological polar surface area (TPSA) is 81.2 Å². The molecule has 208 valence electrons. The lowest BCUT2D eigenvalue weighted by atomic mass is 10.1. The minimum atomic E-state index is -0.0765. The van der Waals surface area contributed by atoms with Crippen molar-refractivity contribution in [3.63, 3.8) is 0 Å². The van der Waals surface area contributed by atoms with Gasteiger partial charge in [0.05, 0.1) is 41.1 Å². The molecule has 0 bridgehead atoms. The van der Waals surface area contributed by atoms with Gasteiger partial charge in [0.1, 0.15) is 11.6 Å². The van der Waals surface area contributed by atoms with Gasteiger partial charge in [0.25, 0.3) is 11.8 Å². The number of anilines is 5. The highest BCUT2D eigenvalue weighted by Gasteiger charge is 2.32. The molecule has 0 spiro atoms. The highest BCUT2D eigenvalue weighted by molar-refractivity contribution is 6.13. The molecule has 4 heterocycles. The van der Waals surface area contributed by atoms with Gasteiger partial charge in [-0.15, -0.1) is 0 Å². The molecule has 1 atom stereocenters. The van der Waals surface area contributed by atoms with Gasteiger partial charge < -0.3 is 24.8 Å². The van der Waals surface area contributed by atoms with Crippen LogP contribution in [-0.4, -0.2) is 79.5 Å². The Labute approximate surface area is 235 Å². The number of ether oxygens (including phenoxy) is 1. The first-order valence-corrected chi connectivity index (χ1v) is 14.1. The smallest absolute Gasteiger partial charge is 0.260 e. The standard InChI is InChI=1S/C31H36N6O3/c1-4-40-28-17-21(30(38)37-16-13-22(20-37)36-14-7-8-15-36)11-12-24(28)33-29-18-26-27(19-32-29)35(3)31(39)23-9-5-6-10-25(23)34(26)2/h5-6,9-12,17-19,22H,4,7-8,13-16,20H2,1-3H3,(H,32,33)/t22-/m1/s1. The van der Waals surface area contributed by atoms with Crippen LogP contribution in [0.5, 0.6) is 5.75 Å². The second-order valence-electron chi connectivity index (χ2n) is 10.7. The summed E-state index contributed by atoms with van der Waals surface area (Å²) in [5, 5.41) is 3.38. The molecule has 6 rings (SSSR count). The number of para-hydroxylation sites is 1. The SMILES string of the molecule is CCOc1cc(C(=O)N2CC[C@@H](N3CCCC3)C2)ccc1Nc1cc2c(cn1)N(C)C(=O)c1ccccc1N2C. The Kier molecular flexibility index (Phi) is 7.06.